The normalized spacial score (nSPS) is 11.3. The zero-order chi connectivity index (χ0) is 14.3. The van der Waals surface area contributed by atoms with Crippen molar-refractivity contribution in [3.63, 3.8) is 0 Å². The number of methoxy groups -OCH3 is 1. The van der Waals surface area contributed by atoms with Crippen molar-refractivity contribution in [3.05, 3.63) is 35.4 Å². The van der Waals surface area contributed by atoms with Crippen LogP contribution in [0, 0.1) is 0 Å². The second-order valence-electron chi connectivity index (χ2n) is 4.36. The number of rotatable bonds is 7. The van der Waals surface area contributed by atoms with E-state index >= 15 is 0 Å². The molecule has 19 heavy (non-hydrogen) atoms. The molecule has 0 atom stereocenters. The van der Waals surface area contributed by atoms with Crippen molar-refractivity contribution in [3.8, 4) is 0 Å². The van der Waals surface area contributed by atoms with Crippen molar-refractivity contribution in [2.24, 2.45) is 0 Å². The topological polar surface area (TPSA) is 52.6 Å². The Morgan fingerprint density at radius 1 is 1.16 bits per heavy atom. The molecule has 0 unspecified atom stereocenters. The Morgan fingerprint density at radius 3 is 2.21 bits per heavy atom. The second kappa shape index (κ2) is 7.46. The lowest BCUT2D eigenvalue weighted by Gasteiger charge is -2.14. The highest BCUT2D eigenvalue weighted by Gasteiger charge is 2.16. The zero-order valence-electron chi connectivity index (χ0n) is 11.7. The molecule has 0 N–H and O–H groups in total. The summed E-state index contributed by atoms with van der Waals surface area (Å²) >= 11 is 0. The Hall–Kier alpha value is -1.12. The van der Waals surface area contributed by atoms with E-state index in [1.807, 2.05) is 26.0 Å². The maximum Gasteiger partial charge on any atom is 0.337 e. The van der Waals surface area contributed by atoms with Crippen LogP contribution in [0.5, 0.6) is 0 Å². The summed E-state index contributed by atoms with van der Waals surface area (Å²) in [6.45, 7) is 4.27. The molecule has 0 bridgehead atoms. The van der Waals surface area contributed by atoms with Crippen molar-refractivity contribution in [1.29, 1.82) is 0 Å². The minimum atomic E-state index is -2.14. The van der Waals surface area contributed by atoms with Crippen LogP contribution in [0.1, 0.15) is 29.8 Å². The molecule has 0 aliphatic carbocycles. The molecule has 106 valence electrons. The van der Waals surface area contributed by atoms with E-state index in [9.17, 15) is 9.36 Å². The largest absolute Gasteiger partial charge is 0.465 e. The van der Waals surface area contributed by atoms with Crippen molar-refractivity contribution in [1.82, 2.24) is 0 Å². The number of esters is 1. The van der Waals surface area contributed by atoms with Crippen LogP contribution in [-0.4, -0.2) is 31.8 Å². The summed E-state index contributed by atoms with van der Waals surface area (Å²) < 4.78 is 22.3. The number of carbonyl (C=O) groups is 1. The van der Waals surface area contributed by atoms with Crippen LogP contribution >= 0.6 is 7.14 Å². The molecule has 1 aromatic carbocycles. The molecule has 0 fully saturated rings. The number of benzene rings is 1. The predicted octanol–water partition coefficient (Wildman–Crippen LogP) is 3.35. The van der Waals surface area contributed by atoms with E-state index in [1.165, 1.54) is 7.11 Å². The third-order valence-electron chi connectivity index (χ3n) is 3.12. The third-order valence-corrected chi connectivity index (χ3v) is 6.08. The van der Waals surface area contributed by atoms with Gasteiger partial charge in [-0.15, -0.1) is 0 Å². The van der Waals surface area contributed by atoms with E-state index in [2.05, 4.69) is 4.74 Å². The fourth-order valence-corrected chi connectivity index (χ4v) is 2.83. The molecule has 0 amide bonds. The highest BCUT2D eigenvalue weighted by molar-refractivity contribution is 7.63. The number of carbonyl (C=O) groups excluding carboxylic acids is 1. The smallest absolute Gasteiger partial charge is 0.337 e. The van der Waals surface area contributed by atoms with Crippen LogP contribution in [0.4, 0.5) is 0 Å². The van der Waals surface area contributed by atoms with Gasteiger partial charge in [0.15, 0.2) is 0 Å². The predicted molar refractivity (Wildman–Crippen MR) is 76.1 cm³/mol. The van der Waals surface area contributed by atoms with Gasteiger partial charge in [-0.1, -0.05) is 26.0 Å². The van der Waals surface area contributed by atoms with Crippen LogP contribution in [0.3, 0.4) is 0 Å². The summed E-state index contributed by atoms with van der Waals surface area (Å²) in [5, 5.41) is 0. The van der Waals surface area contributed by atoms with E-state index in [0.717, 1.165) is 5.56 Å². The van der Waals surface area contributed by atoms with Gasteiger partial charge in [0, 0.05) is 12.3 Å². The monoisotopic (exact) mass is 284 g/mol. The SMILES string of the molecule is CCP(=O)(CC)COCc1ccc(C(=O)OC)cc1. The summed E-state index contributed by atoms with van der Waals surface area (Å²) in [6, 6.07) is 7.03. The number of hydrogen-bond acceptors (Lipinski definition) is 4. The average Bonchev–Trinajstić information content (AvgIpc) is 2.47. The van der Waals surface area contributed by atoms with Gasteiger partial charge in [-0.3, -0.25) is 0 Å². The second-order valence-corrected chi connectivity index (χ2v) is 8.00. The molecule has 0 aliphatic rings. The van der Waals surface area contributed by atoms with Gasteiger partial charge in [0.2, 0.25) is 0 Å². The Labute approximate surface area is 114 Å². The molecule has 0 aliphatic heterocycles. The lowest BCUT2D eigenvalue weighted by atomic mass is 10.1. The van der Waals surface area contributed by atoms with Crippen molar-refractivity contribution in [2.75, 3.05) is 25.8 Å². The molecular formula is C14H21O4P. The first-order valence-electron chi connectivity index (χ1n) is 6.36. The van der Waals surface area contributed by atoms with Crippen LogP contribution in [0.25, 0.3) is 0 Å². The molecule has 0 heterocycles. The van der Waals surface area contributed by atoms with E-state index in [-0.39, 0.29) is 5.97 Å². The maximum atomic E-state index is 12.1. The van der Waals surface area contributed by atoms with Gasteiger partial charge < -0.3 is 14.0 Å². The summed E-state index contributed by atoms with van der Waals surface area (Å²) in [7, 11) is -0.791. The summed E-state index contributed by atoms with van der Waals surface area (Å²) in [4.78, 5) is 11.3. The van der Waals surface area contributed by atoms with Crippen LogP contribution in [0.15, 0.2) is 24.3 Å². The molecule has 0 saturated carbocycles. The summed E-state index contributed by atoms with van der Waals surface area (Å²) in [6.07, 6.45) is 1.66. The van der Waals surface area contributed by atoms with Crippen molar-refractivity contribution >= 4 is 13.1 Å². The fourth-order valence-electron chi connectivity index (χ4n) is 1.59. The molecule has 0 saturated heterocycles. The fraction of sp³-hybridized carbons (Fsp3) is 0.500. The van der Waals surface area contributed by atoms with Gasteiger partial charge in [-0.25, -0.2) is 4.79 Å². The average molecular weight is 284 g/mol. The van der Waals surface area contributed by atoms with E-state index < -0.39 is 7.14 Å². The van der Waals surface area contributed by atoms with Crippen LogP contribution < -0.4 is 0 Å². The Bertz CT molecular complexity index is 445. The molecule has 0 aromatic heterocycles. The molecule has 5 heteroatoms. The molecule has 4 nitrogen and oxygen atoms in total. The first-order chi connectivity index (χ1) is 9.04. The molecule has 0 radical (unpaired) electrons. The van der Waals surface area contributed by atoms with Gasteiger partial charge in [0.1, 0.15) is 13.5 Å². The first kappa shape index (κ1) is 15.9. The molecule has 1 aromatic rings. The lowest BCUT2D eigenvalue weighted by molar-refractivity contribution is 0.0600. The van der Waals surface area contributed by atoms with Crippen molar-refractivity contribution in [2.45, 2.75) is 20.5 Å². The van der Waals surface area contributed by atoms with Gasteiger partial charge in [0.05, 0.1) is 19.3 Å². The maximum absolute atomic E-state index is 12.1. The quantitative estimate of drug-likeness (QED) is 0.569. The Balaban J connectivity index is 2.51. The van der Waals surface area contributed by atoms with E-state index in [0.29, 0.717) is 30.8 Å². The van der Waals surface area contributed by atoms with Gasteiger partial charge in [-0.05, 0) is 17.7 Å². The summed E-state index contributed by atoms with van der Waals surface area (Å²) in [5.74, 6) is -0.353. The third kappa shape index (κ3) is 4.81. The summed E-state index contributed by atoms with van der Waals surface area (Å²) in [5.41, 5.74) is 1.46. The first-order valence-corrected chi connectivity index (χ1v) is 8.63. The van der Waals surface area contributed by atoms with Crippen LogP contribution in [0.2, 0.25) is 0 Å². The molecular weight excluding hydrogens is 263 g/mol. The Morgan fingerprint density at radius 2 is 1.74 bits per heavy atom. The minimum Gasteiger partial charge on any atom is -0.465 e. The minimum absolute atomic E-state index is 0.318. The van der Waals surface area contributed by atoms with Gasteiger partial charge >= 0.3 is 5.97 Å². The van der Waals surface area contributed by atoms with E-state index in [1.54, 1.807) is 12.1 Å². The number of hydrogen-bond donors (Lipinski definition) is 0. The van der Waals surface area contributed by atoms with E-state index in [4.69, 9.17) is 4.74 Å². The number of ether oxygens (including phenoxy) is 2. The standard InChI is InChI=1S/C14H21O4P/c1-4-19(16,5-2)11-18-10-12-6-8-13(9-7-12)14(15)17-3/h6-9H,4-5,10-11H2,1-3H3. The van der Waals surface area contributed by atoms with Gasteiger partial charge in [0.25, 0.3) is 0 Å². The highest BCUT2D eigenvalue weighted by Crippen LogP contribution is 2.44. The lowest BCUT2D eigenvalue weighted by Crippen LogP contribution is -2.03. The van der Waals surface area contributed by atoms with Crippen LogP contribution in [-0.2, 0) is 20.6 Å². The van der Waals surface area contributed by atoms with Crippen molar-refractivity contribution < 1.29 is 18.8 Å². The van der Waals surface area contributed by atoms with Gasteiger partial charge in [-0.2, -0.15) is 0 Å². The molecule has 0 spiro atoms. The molecule has 1 rings (SSSR count). The Kier molecular flexibility index (Phi) is 6.26. The zero-order valence-corrected chi connectivity index (χ0v) is 12.6. The highest BCUT2D eigenvalue weighted by atomic mass is 31.2.